The van der Waals surface area contributed by atoms with E-state index in [0.717, 1.165) is 12.0 Å². The first-order valence-corrected chi connectivity index (χ1v) is 7.44. The van der Waals surface area contributed by atoms with Crippen molar-refractivity contribution in [3.05, 3.63) is 35.4 Å². The van der Waals surface area contributed by atoms with Crippen LogP contribution < -0.4 is 0 Å². The molecule has 1 N–H and O–H groups in total. The van der Waals surface area contributed by atoms with Crippen molar-refractivity contribution in [2.75, 3.05) is 7.11 Å². The zero-order valence-electron chi connectivity index (χ0n) is 11.9. The Morgan fingerprint density at radius 1 is 1.25 bits per heavy atom. The third kappa shape index (κ3) is 1.11. The van der Waals surface area contributed by atoms with Crippen molar-refractivity contribution in [1.29, 1.82) is 0 Å². The molecule has 5 atom stereocenters. The minimum absolute atomic E-state index is 0.0461. The first kappa shape index (κ1) is 12.4. The van der Waals surface area contributed by atoms with Gasteiger partial charge in [-0.05, 0) is 54.7 Å². The highest BCUT2D eigenvalue weighted by Crippen LogP contribution is 2.80. The molecule has 0 spiro atoms. The summed E-state index contributed by atoms with van der Waals surface area (Å²) in [6, 6.07) is 7.34. The second-order valence-corrected chi connectivity index (χ2v) is 6.84. The Balaban J connectivity index is 1.71. The van der Waals surface area contributed by atoms with Crippen LogP contribution in [0.25, 0.3) is 0 Å². The quantitative estimate of drug-likeness (QED) is 0.842. The lowest BCUT2D eigenvalue weighted by atomic mass is 9.49. The number of methoxy groups -OCH3 is 1. The Bertz CT molecular complexity index is 570. The molecule has 3 nitrogen and oxygen atoms in total. The zero-order valence-corrected chi connectivity index (χ0v) is 11.9. The summed E-state index contributed by atoms with van der Waals surface area (Å²) >= 11 is 0. The van der Waals surface area contributed by atoms with Crippen LogP contribution >= 0.6 is 0 Å². The maximum Gasteiger partial charge on any atom is 0.337 e. The Kier molecular flexibility index (Phi) is 2.26. The molecule has 4 fully saturated rings. The number of carbonyl (C=O) groups excluding carboxylic acids is 1. The smallest absolute Gasteiger partial charge is 0.337 e. The van der Waals surface area contributed by atoms with Crippen molar-refractivity contribution in [2.45, 2.75) is 31.8 Å². The molecule has 0 heterocycles. The standard InChI is InChI=1S/C17H20O3/c1-16-12-7-8-13(16)14(9-12)17(16,19)11-5-3-10(4-6-11)15(18)20-2/h3-6,12-14,19H,7-9H2,1-2H3/t12-,13+,14-,16+,17+/m1/s1. The molecule has 1 aromatic rings. The molecule has 4 saturated carbocycles. The summed E-state index contributed by atoms with van der Waals surface area (Å²) in [4.78, 5) is 11.5. The van der Waals surface area contributed by atoms with Crippen molar-refractivity contribution < 1.29 is 14.6 Å². The summed E-state index contributed by atoms with van der Waals surface area (Å²) in [6.07, 6.45) is 3.70. The van der Waals surface area contributed by atoms with Gasteiger partial charge in [0.15, 0.2) is 0 Å². The van der Waals surface area contributed by atoms with Gasteiger partial charge in [-0.3, -0.25) is 0 Å². The van der Waals surface area contributed by atoms with Crippen LogP contribution in [0, 0.1) is 23.2 Å². The Labute approximate surface area is 118 Å². The van der Waals surface area contributed by atoms with Gasteiger partial charge in [-0.1, -0.05) is 19.1 Å². The predicted octanol–water partition coefficient (Wildman–Crippen LogP) is 2.73. The van der Waals surface area contributed by atoms with E-state index in [1.165, 1.54) is 20.0 Å². The Hall–Kier alpha value is -1.35. The number of esters is 1. The van der Waals surface area contributed by atoms with Gasteiger partial charge in [0.05, 0.1) is 18.3 Å². The summed E-state index contributed by atoms with van der Waals surface area (Å²) in [5.74, 6) is 1.45. The summed E-state index contributed by atoms with van der Waals surface area (Å²) in [5.41, 5.74) is 0.871. The third-order valence-electron chi connectivity index (χ3n) is 6.57. The summed E-state index contributed by atoms with van der Waals surface area (Å²) < 4.78 is 4.72. The van der Waals surface area contributed by atoms with Gasteiger partial charge in [0.25, 0.3) is 0 Å². The molecule has 0 radical (unpaired) electrons. The average Bonchev–Trinajstić information content (AvgIpc) is 3.04. The number of aliphatic hydroxyl groups is 1. The van der Waals surface area contributed by atoms with Gasteiger partial charge < -0.3 is 9.84 Å². The summed E-state index contributed by atoms with van der Waals surface area (Å²) in [6.45, 7) is 2.26. The SMILES string of the molecule is COC(=O)c1ccc([C@]2(O)[C@@H]3C[C@H]4CC[C@@H]3[C@]42C)cc1. The highest BCUT2D eigenvalue weighted by molar-refractivity contribution is 5.89. The highest BCUT2D eigenvalue weighted by atomic mass is 16.5. The van der Waals surface area contributed by atoms with E-state index in [4.69, 9.17) is 4.74 Å². The van der Waals surface area contributed by atoms with Crippen LogP contribution in [0.5, 0.6) is 0 Å². The second-order valence-electron chi connectivity index (χ2n) is 6.84. The largest absolute Gasteiger partial charge is 0.465 e. The van der Waals surface area contributed by atoms with E-state index in [0.29, 0.717) is 23.3 Å². The van der Waals surface area contributed by atoms with Crippen molar-refractivity contribution in [1.82, 2.24) is 0 Å². The third-order valence-corrected chi connectivity index (χ3v) is 6.57. The minimum atomic E-state index is -0.687. The van der Waals surface area contributed by atoms with E-state index in [1.807, 2.05) is 12.1 Å². The lowest BCUT2D eigenvalue weighted by molar-refractivity contribution is -0.218. The molecule has 0 aliphatic heterocycles. The van der Waals surface area contributed by atoms with Crippen molar-refractivity contribution in [2.24, 2.45) is 23.2 Å². The molecule has 0 unspecified atom stereocenters. The van der Waals surface area contributed by atoms with Gasteiger partial charge >= 0.3 is 5.97 Å². The molecule has 4 bridgehead atoms. The van der Waals surface area contributed by atoms with Crippen molar-refractivity contribution in [3.8, 4) is 0 Å². The molecule has 5 rings (SSSR count). The predicted molar refractivity (Wildman–Crippen MR) is 74.1 cm³/mol. The van der Waals surface area contributed by atoms with E-state index in [1.54, 1.807) is 12.1 Å². The highest BCUT2D eigenvalue weighted by Gasteiger charge is 2.79. The molecule has 1 aromatic carbocycles. The molecule has 20 heavy (non-hydrogen) atoms. The van der Waals surface area contributed by atoms with Crippen molar-refractivity contribution in [3.63, 3.8) is 0 Å². The van der Waals surface area contributed by atoms with Crippen LogP contribution in [0.15, 0.2) is 24.3 Å². The molecule has 106 valence electrons. The summed E-state index contributed by atoms with van der Waals surface area (Å²) in [5, 5.41) is 11.3. The van der Waals surface area contributed by atoms with E-state index in [9.17, 15) is 9.90 Å². The maximum atomic E-state index is 11.5. The first-order chi connectivity index (χ1) is 9.53. The van der Waals surface area contributed by atoms with Gasteiger partial charge in [0.2, 0.25) is 0 Å². The fourth-order valence-corrected chi connectivity index (χ4v) is 5.60. The van der Waals surface area contributed by atoms with Gasteiger partial charge in [-0.15, -0.1) is 0 Å². The average molecular weight is 272 g/mol. The number of benzene rings is 1. The molecule has 3 heteroatoms. The number of hydrogen-bond acceptors (Lipinski definition) is 3. The van der Waals surface area contributed by atoms with Gasteiger partial charge in [-0.2, -0.15) is 0 Å². The molecular weight excluding hydrogens is 252 g/mol. The fourth-order valence-electron chi connectivity index (χ4n) is 5.60. The molecule has 0 amide bonds. The molecular formula is C17H20O3. The minimum Gasteiger partial charge on any atom is -0.465 e. The first-order valence-electron chi connectivity index (χ1n) is 7.44. The molecule has 4 aliphatic rings. The summed E-state index contributed by atoms with van der Waals surface area (Å²) in [7, 11) is 1.38. The Morgan fingerprint density at radius 3 is 2.45 bits per heavy atom. The topological polar surface area (TPSA) is 46.5 Å². The second kappa shape index (κ2) is 3.64. The van der Waals surface area contributed by atoms with Gasteiger partial charge in [-0.25, -0.2) is 4.79 Å². The van der Waals surface area contributed by atoms with Crippen LogP contribution in [0.4, 0.5) is 0 Å². The van der Waals surface area contributed by atoms with E-state index >= 15 is 0 Å². The number of rotatable bonds is 2. The molecule has 0 saturated heterocycles. The number of hydrogen-bond donors (Lipinski definition) is 1. The maximum absolute atomic E-state index is 11.5. The number of ether oxygens (including phenoxy) is 1. The van der Waals surface area contributed by atoms with E-state index in [2.05, 4.69) is 6.92 Å². The van der Waals surface area contributed by atoms with Crippen LogP contribution in [0.2, 0.25) is 0 Å². The lowest BCUT2D eigenvalue weighted by Crippen LogP contribution is -2.60. The number of carbonyl (C=O) groups is 1. The Morgan fingerprint density at radius 2 is 1.95 bits per heavy atom. The van der Waals surface area contributed by atoms with Crippen LogP contribution in [-0.4, -0.2) is 18.2 Å². The van der Waals surface area contributed by atoms with Crippen LogP contribution in [0.3, 0.4) is 0 Å². The van der Waals surface area contributed by atoms with E-state index < -0.39 is 5.60 Å². The van der Waals surface area contributed by atoms with Crippen molar-refractivity contribution >= 4 is 5.97 Å². The van der Waals surface area contributed by atoms with Crippen LogP contribution in [-0.2, 0) is 10.3 Å². The zero-order chi connectivity index (χ0) is 14.1. The van der Waals surface area contributed by atoms with Crippen LogP contribution in [0.1, 0.15) is 42.1 Å². The monoisotopic (exact) mass is 272 g/mol. The molecule has 4 aliphatic carbocycles. The van der Waals surface area contributed by atoms with Gasteiger partial charge in [0, 0.05) is 5.41 Å². The fraction of sp³-hybridized carbons (Fsp3) is 0.588. The molecule has 0 aromatic heterocycles. The van der Waals surface area contributed by atoms with Gasteiger partial charge in [0.1, 0.15) is 0 Å². The lowest BCUT2D eigenvalue weighted by Gasteiger charge is -2.58. The normalized spacial score (nSPS) is 44.2. The van der Waals surface area contributed by atoms with E-state index in [-0.39, 0.29) is 11.4 Å².